The summed E-state index contributed by atoms with van der Waals surface area (Å²) >= 11 is 12.7. The van der Waals surface area contributed by atoms with Crippen LogP contribution in [0.2, 0.25) is 10.0 Å². The van der Waals surface area contributed by atoms with Crippen molar-refractivity contribution in [1.82, 2.24) is 9.88 Å². The molecule has 32 heavy (non-hydrogen) atoms. The molecule has 0 radical (unpaired) electrons. The third-order valence-electron chi connectivity index (χ3n) is 6.27. The summed E-state index contributed by atoms with van der Waals surface area (Å²) in [4.78, 5) is 23.7. The number of nitrogens with zero attached hydrogens (tertiary/aromatic N) is 3. The lowest BCUT2D eigenvalue weighted by Gasteiger charge is -2.41. The van der Waals surface area contributed by atoms with Crippen molar-refractivity contribution in [1.29, 1.82) is 0 Å². The zero-order valence-electron chi connectivity index (χ0n) is 17.8. The predicted octanol–water partition coefficient (Wildman–Crippen LogP) is 3.78. The first-order valence-corrected chi connectivity index (χ1v) is 12.8. The number of aliphatic imine (C=N–C) groups is 1. The summed E-state index contributed by atoms with van der Waals surface area (Å²) in [6.45, 7) is 3.49. The molecular weight excluding hydrogens is 471 g/mol. The van der Waals surface area contributed by atoms with E-state index in [2.05, 4.69) is 9.98 Å². The topological polar surface area (TPSA) is 106 Å². The molecule has 4 rings (SSSR count). The molecular formula is C22H24Cl2N4O3S. The third-order valence-corrected chi connectivity index (χ3v) is 9.13. The molecule has 1 fully saturated rings. The van der Waals surface area contributed by atoms with Crippen molar-refractivity contribution < 1.29 is 13.2 Å². The monoisotopic (exact) mass is 494 g/mol. The van der Waals surface area contributed by atoms with E-state index in [9.17, 15) is 13.2 Å². The Labute approximate surface area is 197 Å². The van der Waals surface area contributed by atoms with E-state index in [1.807, 2.05) is 25.1 Å². The lowest BCUT2D eigenvalue weighted by molar-refractivity contribution is -0.131. The molecule has 2 aliphatic heterocycles. The average Bonchev–Trinajstić information content (AvgIpc) is 2.71. The first kappa shape index (κ1) is 23.0. The van der Waals surface area contributed by atoms with Crippen molar-refractivity contribution in [2.45, 2.75) is 49.9 Å². The Morgan fingerprint density at radius 3 is 2.59 bits per heavy atom. The molecule has 2 aliphatic rings. The molecule has 0 aliphatic carbocycles. The van der Waals surface area contributed by atoms with Crippen molar-refractivity contribution in [2.75, 3.05) is 5.75 Å². The number of sulfone groups is 1. The molecule has 170 valence electrons. The van der Waals surface area contributed by atoms with Crippen molar-refractivity contribution in [2.24, 2.45) is 10.7 Å². The number of carbonyl (C=O) groups is 1. The van der Waals surface area contributed by atoms with Gasteiger partial charge in [-0.1, -0.05) is 41.4 Å². The van der Waals surface area contributed by atoms with E-state index >= 15 is 0 Å². The van der Waals surface area contributed by atoms with E-state index in [1.165, 1.54) is 4.90 Å². The van der Waals surface area contributed by atoms with Gasteiger partial charge in [0, 0.05) is 17.8 Å². The van der Waals surface area contributed by atoms with Crippen molar-refractivity contribution in [3.8, 4) is 11.3 Å². The zero-order chi connectivity index (χ0) is 23.3. The fourth-order valence-corrected chi connectivity index (χ4v) is 6.52. The number of nitrogens with two attached hydrogens (primary N) is 1. The predicted molar refractivity (Wildman–Crippen MR) is 126 cm³/mol. The van der Waals surface area contributed by atoms with Crippen LogP contribution in [0.5, 0.6) is 0 Å². The maximum absolute atomic E-state index is 13.2. The van der Waals surface area contributed by atoms with Crippen molar-refractivity contribution in [3.63, 3.8) is 0 Å². The Balaban J connectivity index is 1.68. The van der Waals surface area contributed by atoms with E-state index in [0.29, 0.717) is 39.7 Å². The molecule has 3 atom stereocenters. The summed E-state index contributed by atoms with van der Waals surface area (Å²) in [6, 6.07) is 8.75. The summed E-state index contributed by atoms with van der Waals surface area (Å²) in [5.41, 5.74) is 7.35. The number of carbonyl (C=O) groups excluding carboxylic acids is 1. The van der Waals surface area contributed by atoms with E-state index in [-0.39, 0.29) is 30.1 Å². The molecule has 0 unspecified atom stereocenters. The second-order valence-electron chi connectivity index (χ2n) is 8.57. The highest BCUT2D eigenvalue weighted by molar-refractivity contribution is 7.92. The van der Waals surface area contributed by atoms with E-state index in [0.717, 1.165) is 0 Å². The van der Waals surface area contributed by atoms with Gasteiger partial charge < -0.3 is 5.73 Å². The fourth-order valence-electron chi connectivity index (χ4n) is 4.46. The van der Waals surface area contributed by atoms with Crippen LogP contribution >= 0.6 is 23.2 Å². The molecule has 2 N–H and O–H groups in total. The number of rotatable bonds is 3. The van der Waals surface area contributed by atoms with Gasteiger partial charge in [0.15, 0.2) is 15.8 Å². The lowest BCUT2D eigenvalue weighted by Crippen LogP contribution is -2.56. The number of hydrogen-bond acceptors (Lipinski definition) is 6. The van der Waals surface area contributed by atoms with Gasteiger partial charge in [-0.05, 0) is 44.4 Å². The zero-order valence-corrected chi connectivity index (χ0v) is 20.1. The number of halogens is 2. The minimum atomic E-state index is -3.12. The van der Waals surface area contributed by atoms with E-state index in [1.54, 1.807) is 25.3 Å². The molecule has 0 spiro atoms. The Morgan fingerprint density at radius 2 is 1.97 bits per heavy atom. The molecule has 1 saturated heterocycles. The molecule has 2 aromatic rings. The Hall–Kier alpha value is -2.16. The van der Waals surface area contributed by atoms with Crippen LogP contribution in [0.1, 0.15) is 38.7 Å². The van der Waals surface area contributed by atoms with Crippen LogP contribution in [0.15, 0.2) is 41.5 Å². The number of pyridine rings is 1. The molecule has 10 heteroatoms. The van der Waals surface area contributed by atoms with Crippen LogP contribution in [-0.4, -0.2) is 47.2 Å². The van der Waals surface area contributed by atoms with E-state index in [4.69, 9.17) is 28.9 Å². The highest BCUT2D eigenvalue weighted by atomic mass is 35.5. The normalized spacial score (nSPS) is 27.8. The molecule has 1 aromatic carbocycles. The third kappa shape index (κ3) is 4.11. The van der Waals surface area contributed by atoms with Gasteiger partial charge >= 0.3 is 0 Å². The van der Waals surface area contributed by atoms with Gasteiger partial charge in [0.1, 0.15) is 0 Å². The Kier molecular flexibility index (Phi) is 5.98. The van der Waals surface area contributed by atoms with Crippen LogP contribution in [0.3, 0.4) is 0 Å². The Bertz CT molecular complexity index is 1200. The Morgan fingerprint density at radius 1 is 1.22 bits per heavy atom. The highest BCUT2D eigenvalue weighted by Gasteiger charge is 2.44. The van der Waals surface area contributed by atoms with Gasteiger partial charge in [-0.25, -0.2) is 13.4 Å². The van der Waals surface area contributed by atoms with Crippen molar-refractivity contribution >= 4 is 44.9 Å². The largest absolute Gasteiger partial charge is 0.369 e. The minimum absolute atomic E-state index is 0.0368. The second-order valence-corrected chi connectivity index (χ2v) is 11.9. The summed E-state index contributed by atoms with van der Waals surface area (Å²) in [7, 11) is -3.12. The van der Waals surface area contributed by atoms with Gasteiger partial charge in [-0.3, -0.25) is 14.7 Å². The number of hydrogen-bond donors (Lipinski definition) is 1. The maximum atomic E-state index is 13.2. The van der Waals surface area contributed by atoms with Crippen molar-refractivity contribution in [3.05, 3.63) is 52.1 Å². The molecule has 7 nitrogen and oxygen atoms in total. The van der Waals surface area contributed by atoms with Gasteiger partial charge in [-0.15, -0.1) is 0 Å². The minimum Gasteiger partial charge on any atom is -0.369 e. The maximum Gasteiger partial charge on any atom is 0.232 e. The van der Waals surface area contributed by atoms with Crippen LogP contribution in [-0.2, 0) is 20.2 Å². The molecule has 1 amide bonds. The second kappa shape index (κ2) is 8.32. The summed E-state index contributed by atoms with van der Waals surface area (Å²) in [5, 5.41) is 0.446. The SMILES string of the molecule is C[C@H]1C[C@@H](N2C(=O)C[C@@](C)(c3cccc(-c4ccc(Cl)cn4)c3Cl)N=C2N)CCS1(=O)=O. The fraction of sp³-hybridized carbons (Fsp3) is 0.409. The number of guanidine groups is 1. The van der Waals surface area contributed by atoms with Gasteiger partial charge in [0.25, 0.3) is 0 Å². The van der Waals surface area contributed by atoms with Gasteiger partial charge in [-0.2, -0.15) is 0 Å². The first-order chi connectivity index (χ1) is 15.0. The number of amides is 1. The van der Waals surface area contributed by atoms with E-state index < -0.39 is 20.6 Å². The molecule has 3 heterocycles. The lowest BCUT2D eigenvalue weighted by atomic mass is 9.85. The molecule has 1 aromatic heterocycles. The smallest absolute Gasteiger partial charge is 0.232 e. The quantitative estimate of drug-likeness (QED) is 0.698. The average molecular weight is 495 g/mol. The van der Waals surface area contributed by atoms with Crippen LogP contribution in [0, 0.1) is 0 Å². The molecule has 0 saturated carbocycles. The van der Waals surface area contributed by atoms with Crippen LogP contribution < -0.4 is 5.73 Å². The first-order valence-electron chi connectivity index (χ1n) is 10.3. The summed E-state index contributed by atoms with van der Waals surface area (Å²) in [5.74, 6) is -0.0660. The number of aromatic nitrogens is 1. The number of benzene rings is 1. The standard InChI is InChI=1S/C22H24Cl2N4O3S/c1-13-10-15(8-9-32(13,30)31)28-19(29)11-22(2,27-21(28)25)17-5-3-4-16(20(17)24)18-7-6-14(23)12-26-18/h3-7,12-13,15H,8-11H2,1-2H3,(H2,25,27)/t13-,15-,22-/m0/s1. The van der Waals surface area contributed by atoms with Crippen LogP contribution in [0.4, 0.5) is 0 Å². The van der Waals surface area contributed by atoms with Gasteiger partial charge in [0.05, 0.1) is 38.7 Å². The molecule has 0 bridgehead atoms. The van der Waals surface area contributed by atoms with Crippen LogP contribution in [0.25, 0.3) is 11.3 Å². The summed E-state index contributed by atoms with van der Waals surface area (Å²) in [6.07, 6.45) is 2.32. The summed E-state index contributed by atoms with van der Waals surface area (Å²) < 4.78 is 24.1. The highest BCUT2D eigenvalue weighted by Crippen LogP contribution is 2.42. The van der Waals surface area contributed by atoms with Gasteiger partial charge in [0.2, 0.25) is 5.91 Å².